The van der Waals surface area contributed by atoms with Gasteiger partial charge in [-0.15, -0.1) is 0 Å². The van der Waals surface area contributed by atoms with Crippen LogP contribution >= 0.6 is 0 Å². The molecule has 3 aromatic rings. The van der Waals surface area contributed by atoms with Crippen LogP contribution in [0.1, 0.15) is 54.8 Å². The van der Waals surface area contributed by atoms with Crippen molar-refractivity contribution < 1.29 is 23.5 Å². The van der Waals surface area contributed by atoms with Gasteiger partial charge >= 0.3 is 5.97 Å². The van der Waals surface area contributed by atoms with E-state index in [2.05, 4.69) is 19.2 Å². The monoisotopic (exact) mass is 409 g/mol. The molecule has 0 radical (unpaired) electrons. The fourth-order valence-corrected chi connectivity index (χ4v) is 3.14. The SMILES string of the molecule is CCOCc1c(C(=O)OCC(=O)Nc2ccc([C@H](C)CC)cc2)oc2ccccc12. The van der Waals surface area contributed by atoms with Gasteiger partial charge in [0.15, 0.2) is 6.61 Å². The van der Waals surface area contributed by atoms with Gasteiger partial charge in [-0.3, -0.25) is 4.79 Å². The summed E-state index contributed by atoms with van der Waals surface area (Å²) >= 11 is 0. The number of esters is 1. The normalized spacial score (nSPS) is 12.0. The molecule has 0 aliphatic rings. The average molecular weight is 409 g/mol. The fourth-order valence-electron chi connectivity index (χ4n) is 3.14. The molecular formula is C24H27NO5. The van der Waals surface area contributed by atoms with E-state index in [1.807, 2.05) is 49.4 Å². The molecule has 0 saturated carbocycles. The number of para-hydroxylation sites is 1. The molecule has 0 unspecified atom stereocenters. The Morgan fingerprint density at radius 3 is 2.50 bits per heavy atom. The first-order valence-corrected chi connectivity index (χ1v) is 10.2. The minimum atomic E-state index is -0.692. The summed E-state index contributed by atoms with van der Waals surface area (Å²) in [6, 6.07) is 15.0. The molecule has 1 aromatic heterocycles. The van der Waals surface area contributed by atoms with Gasteiger partial charge in [0.1, 0.15) is 5.58 Å². The number of hydrogen-bond acceptors (Lipinski definition) is 5. The second-order valence-corrected chi connectivity index (χ2v) is 7.10. The zero-order valence-corrected chi connectivity index (χ0v) is 17.6. The summed E-state index contributed by atoms with van der Waals surface area (Å²) in [5.41, 5.74) is 3.07. The number of carbonyl (C=O) groups excluding carboxylic acids is 2. The Morgan fingerprint density at radius 1 is 1.07 bits per heavy atom. The molecule has 0 aliphatic carbocycles. The van der Waals surface area contributed by atoms with Crippen LogP contribution in [0.25, 0.3) is 11.0 Å². The van der Waals surface area contributed by atoms with Crippen molar-refractivity contribution in [3.8, 4) is 0 Å². The third kappa shape index (κ3) is 5.07. The molecule has 0 aliphatic heterocycles. The molecule has 6 nitrogen and oxygen atoms in total. The first-order chi connectivity index (χ1) is 14.5. The Kier molecular flexibility index (Phi) is 7.25. The number of benzene rings is 2. The van der Waals surface area contributed by atoms with Gasteiger partial charge in [-0.2, -0.15) is 0 Å². The first kappa shape index (κ1) is 21.6. The van der Waals surface area contributed by atoms with E-state index in [0.717, 1.165) is 11.8 Å². The zero-order valence-electron chi connectivity index (χ0n) is 17.6. The number of furan rings is 1. The third-order valence-electron chi connectivity index (χ3n) is 5.04. The van der Waals surface area contributed by atoms with Gasteiger partial charge in [-0.1, -0.05) is 44.2 Å². The maximum atomic E-state index is 12.6. The van der Waals surface area contributed by atoms with Crippen LogP contribution in [-0.2, 0) is 20.9 Å². The highest BCUT2D eigenvalue weighted by atomic mass is 16.5. The third-order valence-corrected chi connectivity index (χ3v) is 5.04. The predicted molar refractivity (Wildman–Crippen MR) is 116 cm³/mol. The Hall–Kier alpha value is -3.12. The Labute approximate surface area is 176 Å². The number of carbonyl (C=O) groups is 2. The van der Waals surface area contributed by atoms with Crippen molar-refractivity contribution >= 4 is 28.5 Å². The van der Waals surface area contributed by atoms with Gasteiger partial charge < -0.3 is 19.2 Å². The highest BCUT2D eigenvalue weighted by molar-refractivity contribution is 5.98. The molecule has 0 fully saturated rings. The standard InChI is InChI=1S/C24H27NO5/c1-4-16(3)17-10-12-18(13-11-17)25-22(26)15-29-24(27)23-20(14-28-5-2)19-8-6-7-9-21(19)30-23/h6-13,16H,4-5,14-15H2,1-3H3,(H,25,26)/t16-/m1/s1. The van der Waals surface area contributed by atoms with Gasteiger partial charge in [-0.25, -0.2) is 4.79 Å². The molecule has 1 N–H and O–H groups in total. The molecule has 0 bridgehead atoms. The summed E-state index contributed by atoms with van der Waals surface area (Å²) in [7, 11) is 0. The highest BCUT2D eigenvalue weighted by Gasteiger charge is 2.22. The Balaban J connectivity index is 1.63. The van der Waals surface area contributed by atoms with Crippen LogP contribution in [0.2, 0.25) is 0 Å². The Bertz CT molecular complexity index is 1010. The number of fused-ring (bicyclic) bond motifs is 1. The van der Waals surface area contributed by atoms with Gasteiger partial charge in [-0.05, 0) is 43.0 Å². The lowest BCUT2D eigenvalue weighted by molar-refractivity contribution is -0.119. The summed E-state index contributed by atoms with van der Waals surface area (Å²) < 4.78 is 16.3. The highest BCUT2D eigenvalue weighted by Crippen LogP contribution is 2.27. The van der Waals surface area contributed by atoms with Gasteiger partial charge in [0.25, 0.3) is 5.91 Å². The van der Waals surface area contributed by atoms with Crippen molar-refractivity contribution in [1.29, 1.82) is 0 Å². The lowest BCUT2D eigenvalue weighted by atomic mass is 9.99. The minimum absolute atomic E-state index is 0.0651. The van der Waals surface area contributed by atoms with E-state index in [-0.39, 0.29) is 12.4 Å². The van der Waals surface area contributed by atoms with Gasteiger partial charge in [0.05, 0.1) is 6.61 Å². The molecule has 30 heavy (non-hydrogen) atoms. The second-order valence-electron chi connectivity index (χ2n) is 7.10. The van der Waals surface area contributed by atoms with Crippen LogP contribution in [0, 0.1) is 0 Å². The number of ether oxygens (including phenoxy) is 2. The van der Waals surface area contributed by atoms with Crippen LogP contribution in [0.4, 0.5) is 5.69 Å². The largest absolute Gasteiger partial charge is 0.450 e. The lowest BCUT2D eigenvalue weighted by Crippen LogP contribution is -2.21. The molecule has 1 atom stereocenters. The van der Waals surface area contributed by atoms with Crippen LogP contribution in [0.5, 0.6) is 0 Å². The summed E-state index contributed by atoms with van der Waals surface area (Å²) in [6.45, 7) is 6.50. The molecule has 1 heterocycles. The number of rotatable bonds is 9. The van der Waals surface area contributed by atoms with Gasteiger partial charge in [0.2, 0.25) is 5.76 Å². The van der Waals surface area contributed by atoms with E-state index in [4.69, 9.17) is 13.9 Å². The molecular weight excluding hydrogens is 382 g/mol. The maximum absolute atomic E-state index is 12.6. The van der Waals surface area contributed by atoms with Crippen molar-refractivity contribution in [2.24, 2.45) is 0 Å². The van der Waals surface area contributed by atoms with E-state index >= 15 is 0 Å². The van der Waals surface area contributed by atoms with Crippen molar-refractivity contribution in [3.05, 3.63) is 65.4 Å². The molecule has 158 valence electrons. The summed E-state index contributed by atoms with van der Waals surface area (Å²) in [6.07, 6.45) is 1.05. The topological polar surface area (TPSA) is 77.8 Å². The van der Waals surface area contributed by atoms with Crippen LogP contribution in [0.3, 0.4) is 0 Å². The number of anilines is 1. The van der Waals surface area contributed by atoms with Gasteiger partial charge in [0, 0.05) is 23.2 Å². The maximum Gasteiger partial charge on any atom is 0.375 e. The summed E-state index contributed by atoms with van der Waals surface area (Å²) in [5, 5.41) is 3.53. The predicted octanol–water partition coefficient (Wildman–Crippen LogP) is 5.28. The fraction of sp³-hybridized carbons (Fsp3) is 0.333. The molecule has 0 spiro atoms. The summed E-state index contributed by atoms with van der Waals surface area (Å²) in [4.78, 5) is 24.8. The van der Waals surface area contributed by atoms with Crippen molar-refractivity contribution in [2.75, 3.05) is 18.5 Å². The van der Waals surface area contributed by atoms with Crippen LogP contribution < -0.4 is 5.32 Å². The molecule has 0 saturated heterocycles. The minimum Gasteiger partial charge on any atom is -0.450 e. The van der Waals surface area contributed by atoms with Crippen molar-refractivity contribution in [2.45, 2.75) is 39.7 Å². The molecule has 3 rings (SSSR count). The Morgan fingerprint density at radius 2 is 1.80 bits per heavy atom. The lowest BCUT2D eigenvalue weighted by Gasteiger charge is -2.10. The van der Waals surface area contributed by atoms with E-state index < -0.39 is 18.5 Å². The number of hydrogen-bond donors (Lipinski definition) is 1. The molecule has 6 heteroatoms. The second kappa shape index (κ2) is 10.1. The summed E-state index contributed by atoms with van der Waals surface area (Å²) in [5.74, 6) is -0.578. The van der Waals surface area contributed by atoms with Crippen LogP contribution in [-0.4, -0.2) is 25.1 Å². The van der Waals surface area contributed by atoms with E-state index in [9.17, 15) is 9.59 Å². The quantitative estimate of drug-likeness (QED) is 0.487. The smallest absolute Gasteiger partial charge is 0.375 e. The average Bonchev–Trinajstić information content (AvgIpc) is 3.14. The first-order valence-electron chi connectivity index (χ1n) is 10.2. The van der Waals surface area contributed by atoms with E-state index in [0.29, 0.717) is 29.4 Å². The van der Waals surface area contributed by atoms with E-state index in [1.54, 1.807) is 6.07 Å². The number of amides is 1. The molecule has 2 aromatic carbocycles. The van der Waals surface area contributed by atoms with E-state index in [1.165, 1.54) is 5.56 Å². The molecule has 1 amide bonds. The number of nitrogens with one attached hydrogen (secondary N) is 1. The van der Waals surface area contributed by atoms with Crippen molar-refractivity contribution in [3.63, 3.8) is 0 Å². The zero-order chi connectivity index (χ0) is 21.5. The van der Waals surface area contributed by atoms with Crippen LogP contribution in [0.15, 0.2) is 52.9 Å². The van der Waals surface area contributed by atoms with Crippen molar-refractivity contribution in [1.82, 2.24) is 0 Å².